The maximum atomic E-state index is 12.5. The number of hydrogen-bond acceptors (Lipinski definition) is 3. The minimum atomic E-state index is -5.05. The number of aryl methyl sites for hydroxylation is 1. The molecule has 0 aliphatic rings. The smallest absolute Gasteiger partial charge is 0.492 e. The maximum Gasteiger partial charge on any atom is 1.00 e. The van der Waals surface area contributed by atoms with Crippen molar-refractivity contribution in [2.75, 3.05) is 6.61 Å². The molecule has 0 bridgehead atoms. The van der Waals surface area contributed by atoms with Crippen molar-refractivity contribution >= 4 is 12.4 Å². The third kappa shape index (κ3) is 4.89. The summed E-state index contributed by atoms with van der Waals surface area (Å²) >= 11 is 0. The second-order valence-corrected chi connectivity index (χ2v) is 4.08. The Bertz CT molecular complexity index is 562. The van der Waals surface area contributed by atoms with E-state index in [0.717, 1.165) is 18.1 Å². The van der Waals surface area contributed by atoms with Crippen molar-refractivity contribution in [3.63, 3.8) is 0 Å². The molecule has 0 saturated heterocycles. The van der Waals surface area contributed by atoms with E-state index >= 15 is 0 Å². The molecule has 2 aromatic rings. The molecular weight excluding hydrogens is 297 g/mol. The SMILES string of the molecule is Cn1ccnc1CCOc1cncc([B-](F)(F)F)c1.[K+]. The third-order valence-corrected chi connectivity index (χ3v) is 2.63. The summed E-state index contributed by atoms with van der Waals surface area (Å²) in [5.41, 5.74) is -0.755. The number of imidazole rings is 1. The molecule has 0 aliphatic carbocycles. The van der Waals surface area contributed by atoms with Crippen LogP contribution in [0.1, 0.15) is 5.82 Å². The average Bonchev–Trinajstić information content (AvgIpc) is 2.75. The summed E-state index contributed by atoms with van der Waals surface area (Å²) in [6, 6.07) is 0.964. The molecule has 0 aromatic carbocycles. The molecule has 0 spiro atoms. The molecule has 2 rings (SSSR count). The van der Waals surface area contributed by atoms with E-state index in [1.807, 2.05) is 11.6 Å². The van der Waals surface area contributed by atoms with Gasteiger partial charge in [0.2, 0.25) is 0 Å². The van der Waals surface area contributed by atoms with Gasteiger partial charge in [0.1, 0.15) is 11.6 Å². The fourth-order valence-corrected chi connectivity index (χ4v) is 1.59. The van der Waals surface area contributed by atoms with Gasteiger partial charge in [0.25, 0.3) is 0 Å². The van der Waals surface area contributed by atoms with Gasteiger partial charge in [-0.15, -0.1) is 0 Å². The number of ether oxygens (including phenoxy) is 1. The Balaban J connectivity index is 0.00000200. The molecule has 0 N–H and O–H groups in total. The molecule has 0 aliphatic heterocycles. The summed E-state index contributed by atoms with van der Waals surface area (Å²) in [6.45, 7) is -4.80. The van der Waals surface area contributed by atoms with Crippen molar-refractivity contribution in [2.24, 2.45) is 7.05 Å². The van der Waals surface area contributed by atoms with Gasteiger partial charge in [-0.05, 0) is 6.07 Å². The number of rotatable bonds is 5. The molecule has 102 valence electrons. The van der Waals surface area contributed by atoms with Gasteiger partial charge in [0.15, 0.2) is 0 Å². The molecule has 0 saturated carbocycles. The zero-order valence-corrected chi connectivity index (χ0v) is 14.4. The van der Waals surface area contributed by atoms with Crippen LogP contribution >= 0.6 is 0 Å². The molecular formula is C11H12BF3KN3O. The van der Waals surface area contributed by atoms with E-state index in [1.54, 1.807) is 12.4 Å². The first kappa shape index (κ1) is 17.7. The first-order valence-corrected chi connectivity index (χ1v) is 5.70. The van der Waals surface area contributed by atoms with E-state index in [4.69, 9.17) is 4.74 Å². The zero-order valence-electron chi connectivity index (χ0n) is 11.3. The summed E-state index contributed by atoms with van der Waals surface area (Å²) in [5, 5.41) is 0. The van der Waals surface area contributed by atoms with E-state index in [9.17, 15) is 12.9 Å². The van der Waals surface area contributed by atoms with Crippen LogP contribution in [0.25, 0.3) is 0 Å². The van der Waals surface area contributed by atoms with Crippen molar-refractivity contribution in [1.29, 1.82) is 0 Å². The number of hydrogen-bond donors (Lipinski definition) is 0. The van der Waals surface area contributed by atoms with Gasteiger partial charge in [-0.3, -0.25) is 4.98 Å². The fourth-order valence-electron chi connectivity index (χ4n) is 1.59. The zero-order chi connectivity index (χ0) is 13.9. The summed E-state index contributed by atoms with van der Waals surface area (Å²) in [4.78, 5) is 7.63. The van der Waals surface area contributed by atoms with Crippen molar-refractivity contribution in [1.82, 2.24) is 14.5 Å². The number of halogens is 3. The fraction of sp³-hybridized carbons (Fsp3) is 0.273. The van der Waals surface area contributed by atoms with Gasteiger partial charge in [-0.2, -0.15) is 0 Å². The summed E-state index contributed by atoms with van der Waals surface area (Å²) < 4.78 is 44.7. The molecule has 9 heteroatoms. The standard InChI is InChI=1S/C11H12BF3N3O.K/c1-18-4-3-17-11(18)2-5-19-10-6-9(7-16-8-10)12(13,14)15;/h3-4,6-8H,2,5H2,1H3;/q-1;+1. The van der Waals surface area contributed by atoms with E-state index in [-0.39, 0.29) is 63.7 Å². The molecule has 0 amide bonds. The van der Waals surface area contributed by atoms with Gasteiger partial charge in [0.05, 0.1) is 12.8 Å². The van der Waals surface area contributed by atoms with Crippen LogP contribution in [-0.4, -0.2) is 28.1 Å². The largest absolute Gasteiger partial charge is 1.00 e. The third-order valence-electron chi connectivity index (χ3n) is 2.63. The Morgan fingerprint density at radius 2 is 2.05 bits per heavy atom. The van der Waals surface area contributed by atoms with Crippen LogP contribution in [0.3, 0.4) is 0 Å². The van der Waals surface area contributed by atoms with Gasteiger partial charge >= 0.3 is 58.4 Å². The van der Waals surface area contributed by atoms with Crippen molar-refractivity contribution in [3.05, 3.63) is 36.7 Å². The second kappa shape index (κ2) is 7.60. The molecule has 0 radical (unpaired) electrons. The van der Waals surface area contributed by atoms with Crippen LogP contribution in [0.2, 0.25) is 0 Å². The molecule has 0 fully saturated rings. The summed E-state index contributed by atoms with van der Waals surface area (Å²) in [5.74, 6) is 0.926. The summed E-state index contributed by atoms with van der Waals surface area (Å²) in [6.07, 6.45) is 6.04. The first-order chi connectivity index (χ1) is 8.97. The number of pyridine rings is 1. The van der Waals surface area contributed by atoms with E-state index < -0.39 is 12.4 Å². The summed E-state index contributed by atoms with van der Waals surface area (Å²) in [7, 11) is 1.84. The Kier molecular flexibility index (Phi) is 6.73. The molecule has 20 heavy (non-hydrogen) atoms. The molecule has 2 heterocycles. The monoisotopic (exact) mass is 309 g/mol. The second-order valence-electron chi connectivity index (χ2n) is 4.08. The topological polar surface area (TPSA) is 39.9 Å². The maximum absolute atomic E-state index is 12.5. The Hall–Kier alpha value is -0.349. The van der Waals surface area contributed by atoms with Gasteiger partial charge < -0.3 is 22.3 Å². The average molecular weight is 309 g/mol. The van der Waals surface area contributed by atoms with E-state index in [1.165, 1.54) is 6.20 Å². The Labute approximate surface area is 157 Å². The molecule has 4 nitrogen and oxygen atoms in total. The van der Waals surface area contributed by atoms with Crippen LogP contribution < -0.4 is 61.6 Å². The Morgan fingerprint density at radius 1 is 1.30 bits per heavy atom. The van der Waals surface area contributed by atoms with E-state index in [0.29, 0.717) is 6.42 Å². The predicted molar refractivity (Wildman–Crippen MR) is 65.4 cm³/mol. The van der Waals surface area contributed by atoms with Gasteiger partial charge in [0, 0.05) is 32.1 Å². The van der Waals surface area contributed by atoms with Crippen LogP contribution in [0, 0.1) is 0 Å². The predicted octanol–water partition coefficient (Wildman–Crippen LogP) is -1.50. The quantitative estimate of drug-likeness (QED) is 0.631. The van der Waals surface area contributed by atoms with Crippen molar-refractivity contribution < 1.29 is 69.1 Å². The van der Waals surface area contributed by atoms with Crippen molar-refractivity contribution in [2.45, 2.75) is 6.42 Å². The van der Waals surface area contributed by atoms with Gasteiger partial charge in [-0.1, -0.05) is 5.46 Å². The van der Waals surface area contributed by atoms with Crippen LogP contribution in [-0.2, 0) is 13.5 Å². The van der Waals surface area contributed by atoms with Crippen molar-refractivity contribution in [3.8, 4) is 5.75 Å². The van der Waals surface area contributed by atoms with Crippen LogP contribution in [0.15, 0.2) is 30.9 Å². The number of nitrogens with zero attached hydrogens (tertiary/aromatic N) is 3. The molecule has 0 unspecified atom stereocenters. The van der Waals surface area contributed by atoms with E-state index in [2.05, 4.69) is 9.97 Å². The number of aromatic nitrogens is 3. The van der Waals surface area contributed by atoms with Crippen LogP contribution in [0.5, 0.6) is 5.75 Å². The minimum Gasteiger partial charge on any atom is -0.492 e. The molecule has 0 atom stereocenters. The van der Waals surface area contributed by atoms with Crippen LogP contribution in [0.4, 0.5) is 12.9 Å². The normalized spacial score (nSPS) is 11.0. The Morgan fingerprint density at radius 3 is 2.65 bits per heavy atom. The van der Waals surface area contributed by atoms with Gasteiger partial charge in [-0.25, -0.2) is 4.98 Å². The first-order valence-electron chi connectivity index (χ1n) is 5.70. The minimum absolute atomic E-state index is 0. The molecule has 2 aromatic heterocycles.